The first-order valence-corrected chi connectivity index (χ1v) is 8.70. The number of para-hydroxylation sites is 1. The van der Waals surface area contributed by atoms with Crippen LogP contribution in [0.2, 0.25) is 0 Å². The standard InChI is InChI=1S/C21H18N4O3/c1-12-10-18(22-16-9-8-14(21(27)28)11-17(16)26)23-20-19(12)13(2)24-25(20)15-6-4-3-5-7-15/h3-11,26H,1-2H3,(H,22,23)(H,27,28). The zero-order valence-electron chi connectivity index (χ0n) is 15.3. The Balaban J connectivity index is 1.80. The molecule has 0 saturated carbocycles. The molecule has 0 radical (unpaired) electrons. The van der Waals surface area contributed by atoms with E-state index >= 15 is 0 Å². The molecule has 0 aliphatic heterocycles. The molecular formula is C21H18N4O3. The molecule has 0 saturated heterocycles. The third-order valence-electron chi connectivity index (χ3n) is 4.52. The van der Waals surface area contributed by atoms with Gasteiger partial charge in [0.05, 0.1) is 22.6 Å². The molecule has 0 spiro atoms. The SMILES string of the molecule is Cc1cc(Nc2ccc(C(=O)O)cc2O)nc2c1c(C)nn2-c1ccccc1. The summed E-state index contributed by atoms with van der Waals surface area (Å²) in [7, 11) is 0. The first-order chi connectivity index (χ1) is 13.4. The number of rotatable bonds is 4. The van der Waals surface area contributed by atoms with Gasteiger partial charge in [0.1, 0.15) is 11.6 Å². The van der Waals surface area contributed by atoms with Gasteiger partial charge in [-0.25, -0.2) is 14.5 Å². The fourth-order valence-electron chi connectivity index (χ4n) is 3.23. The smallest absolute Gasteiger partial charge is 0.335 e. The van der Waals surface area contributed by atoms with Crippen molar-refractivity contribution in [3.63, 3.8) is 0 Å². The number of aromatic hydroxyl groups is 1. The zero-order valence-corrected chi connectivity index (χ0v) is 15.3. The number of nitrogens with zero attached hydrogens (tertiary/aromatic N) is 3. The van der Waals surface area contributed by atoms with E-state index in [9.17, 15) is 9.90 Å². The molecule has 4 aromatic rings. The van der Waals surface area contributed by atoms with Crippen LogP contribution in [-0.4, -0.2) is 30.9 Å². The van der Waals surface area contributed by atoms with E-state index in [0.717, 1.165) is 22.3 Å². The number of carboxylic acid groups (broad SMARTS) is 1. The van der Waals surface area contributed by atoms with Gasteiger partial charge in [-0.2, -0.15) is 5.10 Å². The van der Waals surface area contributed by atoms with Gasteiger partial charge in [0.15, 0.2) is 5.65 Å². The zero-order chi connectivity index (χ0) is 19.8. The fraction of sp³-hybridized carbons (Fsp3) is 0.0952. The highest BCUT2D eigenvalue weighted by Crippen LogP contribution is 2.30. The lowest BCUT2D eigenvalue weighted by Gasteiger charge is -2.10. The lowest BCUT2D eigenvalue weighted by atomic mass is 10.1. The number of aryl methyl sites for hydroxylation is 2. The van der Waals surface area contributed by atoms with Gasteiger partial charge in [0, 0.05) is 5.39 Å². The largest absolute Gasteiger partial charge is 0.506 e. The van der Waals surface area contributed by atoms with Crippen molar-refractivity contribution in [1.29, 1.82) is 0 Å². The summed E-state index contributed by atoms with van der Waals surface area (Å²) in [6, 6.07) is 15.7. The maximum Gasteiger partial charge on any atom is 0.335 e. The Labute approximate surface area is 160 Å². The topological polar surface area (TPSA) is 100 Å². The molecule has 4 rings (SSSR count). The number of hydrogen-bond donors (Lipinski definition) is 3. The first kappa shape index (κ1) is 17.5. The van der Waals surface area contributed by atoms with Crippen molar-refractivity contribution in [3.8, 4) is 11.4 Å². The quantitative estimate of drug-likeness (QED) is 0.463. The van der Waals surface area contributed by atoms with E-state index in [4.69, 9.17) is 5.11 Å². The summed E-state index contributed by atoms with van der Waals surface area (Å²) in [5, 5.41) is 27.8. The molecule has 2 aromatic heterocycles. The van der Waals surface area contributed by atoms with Gasteiger partial charge in [-0.1, -0.05) is 18.2 Å². The van der Waals surface area contributed by atoms with Crippen LogP contribution < -0.4 is 5.32 Å². The summed E-state index contributed by atoms with van der Waals surface area (Å²) in [6.07, 6.45) is 0. The van der Waals surface area contributed by atoms with Crippen LogP contribution >= 0.6 is 0 Å². The second-order valence-corrected chi connectivity index (χ2v) is 6.52. The van der Waals surface area contributed by atoms with Gasteiger partial charge < -0.3 is 15.5 Å². The van der Waals surface area contributed by atoms with Gasteiger partial charge in [0.25, 0.3) is 0 Å². The Kier molecular flexibility index (Phi) is 4.19. The molecule has 7 nitrogen and oxygen atoms in total. The van der Waals surface area contributed by atoms with Crippen LogP contribution in [0.3, 0.4) is 0 Å². The number of carbonyl (C=O) groups is 1. The fourth-order valence-corrected chi connectivity index (χ4v) is 3.23. The minimum atomic E-state index is -1.10. The average Bonchev–Trinajstić information content (AvgIpc) is 3.01. The van der Waals surface area contributed by atoms with E-state index in [2.05, 4.69) is 15.4 Å². The van der Waals surface area contributed by atoms with Crippen LogP contribution in [0.1, 0.15) is 21.6 Å². The monoisotopic (exact) mass is 374 g/mol. The predicted octanol–water partition coefficient (Wildman–Crippen LogP) is 4.18. The Bertz CT molecular complexity index is 1200. The Morgan fingerprint density at radius 2 is 1.82 bits per heavy atom. The summed E-state index contributed by atoms with van der Waals surface area (Å²) >= 11 is 0. The van der Waals surface area contributed by atoms with Crippen molar-refractivity contribution in [3.05, 3.63) is 71.4 Å². The van der Waals surface area contributed by atoms with E-state index in [-0.39, 0.29) is 11.3 Å². The molecule has 28 heavy (non-hydrogen) atoms. The van der Waals surface area contributed by atoms with Crippen molar-refractivity contribution in [2.45, 2.75) is 13.8 Å². The van der Waals surface area contributed by atoms with Crippen LogP contribution in [0, 0.1) is 13.8 Å². The normalized spacial score (nSPS) is 10.9. The summed E-state index contributed by atoms with van der Waals surface area (Å²) in [6.45, 7) is 3.92. The van der Waals surface area contributed by atoms with Crippen LogP contribution in [0.25, 0.3) is 16.7 Å². The molecule has 0 amide bonds. The molecule has 0 aliphatic rings. The maximum absolute atomic E-state index is 11.0. The van der Waals surface area contributed by atoms with Gasteiger partial charge in [0.2, 0.25) is 0 Å². The second-order valence-electron chi connectivity index (χ2n) is 6.52. The lowest BCUT2D eigenvalue weighted by Crippen LogP contribution is -2.01. The van der Waals surface area contributed by atoms with E-state index in [1.165, 1.54) is 18.2 Å². The molecule has 0 fully saturated rings. The molecular weight excluding hydrogens is 356 g/mol. The number of nitrogens with one attached hydrogen (secondary N) is 1. The summed E-state index contributed by atoms with van der Waals surface area (Å²) in [4.78, 5) is 15.7. The third kappa shape index (κ3) is 3.03. The van der Waals surface area contributed by atoms with Crippen molar-refractivity contribution in [1.82, 2.24) is 14.8 Å². The van der Waals surface area contributed by atoms with Gasteiger partial charge >= 0.3 is 5.97 Å². The van der Waals surface area contributed by atoms with Crippen LogP contribution in [0.5, 0.6) is 5.75 Å². The molecule has 140 valence electrons. The predicted molar refractivity (Wildman–Crippen MR) is 107 cm³/mol. The molecule has 0 atom stereocenters. The number of phenolic OH excluding ortho intramolecular Hbond substituents is 1. The Morgan fingerprint density at radius 1 is 1.07 bits per heavy atom. The number of pyridine rings is 1. The minimum Gasteiger partial charge on any atom is -0.506 e. The van der Waals surface area contributed by atoms with Crippen molar-refractivity contribution in [2.75, 3.05) is 5.32 Å². The highest BCUT2D eigenvalue weighted by molar-refractivity contribution is 5.90. The first-order valence-electron chi connectivity index (χ1n) is 8.70. The number of anilines is 2. The number of phenols is 1. The van der Waals surface area contributed by atoms with Crippen LogP contribution in [-0.2, 0) is 0 Å². The molecule has 0 bridgehead atoms. The van der Waals surface area contributed by atoms with E-state index in [1.54, 1.807) is 4.68 Å². The van der Waals surface area contributed by atoms with Crippen molar-refractivity contribution < 1.29 is 15.0 Å². The van der Waals surface area contributed by atoms with Gasteiger partial charge in [-0.3, -0.25) is 0 Å². The average molecular weight is 374 g/mol. The van der Waals surface area contributed by atoms with E-state index < -0.39 is 5.97 Å². The van der Waals surface area contributed by atoms with E-state index in [0.29, 0.717) is 17.2 Å². The van der Waals surface area contributed by atoms with Crippen LogP contribution in [0.4, 0.5) is 11.5 Å². The lowest BCUT2D eigenvalue weighted by molar-refractivity contribution is 0.0696. The molecule has 7 heteroatoms. The van der Waals surface area contributed by atoms with Gasteiger partial charge in [-0.15, -0.1) is 0 Å². The number of aromatic nitrogens is 3. The molecule has 2 aromatic carbocycles. The van der Waals surface area contributed by atoms with Crippen LogP contribution in [0.15, 0.2) is 54.6 Å². The Morgan fingerprint density at radius 3 is 2.50 bits per heavy atom. The molecule has 0 aliphatic carbocycles. The molecule has 0 unspecified atom stereocenters. The van der Waals surface area contributed by atoms with Crippen molar-refractivity contribution >= 4 is 28.5 Å². The third-order valence-corrected chi connectivity index (χ3v) is 4.52. The van der Waals surface area contributed by atoms with Gasteiger partial charge in [-0.05, 0) is 55.8 Å². The van der Waals surface area contributed by atoms with E-state index in [1.807, 2.05) is 50.2 Å². The summed E-state index contributed by atoms with van der Waals surface area (Å²) in [5.41, 5.74) is 3.86. The molecule has 3 N–H and O–H groups in total. The number of hydrogen-bond acceptors (Lipinski definition) is 5. The summed E-state index contributed by atoms with van der Waals surface area (Å²) in [5.74, 6) is -0.730. The Hall–Kier alpha value is -3.87. The number of fused-ring (bicyclic) bond motifs is 1. The van der Waals surface area contributed by atoms with Crippen molar-refractivity contribution in [2.24, 2.45) is 0 Å². The summed E-state index contributed by atoms with van der Waals surface area (Å²) < 4.78 is 1.79. The minimum absolute atomic E-state index is 0.0143. The highest BCUT2D eigenvalue weighted by atomic mass is 16.4. The number of carboxylic acids is 1. The molecule has 2 heterocycles. The second kappa shape index (κ2) is 6.70. The number of benzene rings is 2. The highest BCUT2D eigenvalue weighted by Gasteiger charge is 2.15. The number of aromatic carboxylic acids is 1. The maximum atomic E-state index is 11.0.